The molecule has 0 aromatic heterocycles. The number of carbonyl (C=O) groups is 4. The van der Waals surface area contributed by atoms with Crippen LogP contribution in [0.3, 0.4) is 0 Å². The Bertz CT molecular complexity index is 948. The third kappa shape index (κ3) is 7.30. The van der Waals surface area contributed by atoms with Crippen molar-refractivity contribution in [1.29, 1.82) is 0 Å². The lowest BCUT2D eigenvalue weighted by molar-refractivity contribution is -0.126. The van der Waals surface area contributed by atoms with Gasteiger partial charge in [-0.3, -0.25) is 14.4 Å². The first-order valence-corrected chi connectivity index (χ1v) is 8.76. The number of nitrogens with one attached hydrogen (secondary N) is 3. The molecule has 0 fully saturated rings. The summed E-state index contributed by atoms with van der Waals surface area (Å²) in [5, 5.41) is 7.14. The van der Waals surface area contributed by atoms with Gasteiger partial charge in [-0.25, -0.2) is 13.6 Å². The fourth-order valence-corrected chi connectivity index (χ4v) is 2.21. The number of hydrogen-bond donors (Lipinski definition) is 3. The van der Waals surface area contributed by atoms with E-state index in [1.165, 1.54) is 25.1 Å². The van der Waals surface area contributed by atoms with E-state index in [1.807, 2.05) is 0 Å². The zero-order valence-corrected chi connectivity index (χ0v) is 16.0. The molecule has 0 spiro atoms. The summed E-state index contributed by atoms with van der Waals surface area (Å²) in [4.78, 5) is 46.3. The molecule has 0 unspecified atom stereocenters. The normalized spacial score (nSPS) is 10.1. The van der Waals surface area contributed by atoms with Crippen LogP contribution in [-0.2, 0) is 25.7 Å². The predicted octanol–water partition coefficient (Wildman–Crippen LogP) is 1.51. The molecule has 2 aromatic carbocycles. The molecular weight excluding hydrogens is 400 g/mol. The van der Waals surface area contributed by atoms with Crippen molar-refractivity contribution < 1.29 is 32.7 Å². The molecule has 2 aromatic rings. The molecule has 3 N–H and O–H groups in total. The van der Waals surface area contributed by atoms with Gasteiger partial charge in [0.05, 0.1) is 12.1 Å². The van der Waals surface area contributed by atoms with Crippen LogP contribution in [0.2, 0.25) is 0 Å². The highest BCUT2D eigenvalue weighted by atomic mass is 19.2. The van der Waals surface area contributed by atoms with Crippen molar-refractivity contribution in [3.63, 3.8) is 0 Å². The summed E-state index contributed by atoms with van der Waals surface area (Å²) < 4.78 is 30.8. The quantitative estimate of drug-likeness (QED) is 0.562. The van der Waals surface area contributed by atoms with E-state index in [4.69, 9.17) is 4.74 Å². The lowest BCUT2D eigenvalue weighted by Gasteiger charge is -2.08. The second-order valence-electron chi connectivity index (χ2n) is 6.14. The van der Waals surface area contributed by atoms with E-state index in [1.54, 1.807) is 12.1 Å². The minimum absolute atomic E-state index is 0.0292. The Morgan fingerprint density at radius 3 is 2.23 bits per heavy atom. The molecule has 0 aliphatic heterocycles. The summed E-state index contributed by atoms with van der Waals surface area (Å²) in [5.74, 6) is -4.47. The Balaban J connectivity index is 1.73. The van der Waals surface area contributed by atoms with E-state index in [2.05, 4.69) is 16.0 Å². The summed E-state index contributed by atoms with van der Waals surface area (Å²) in [6.45, 7) is 0.654. The first kappa shape index (κ1) is 22.5. The van der Waals surface area contributed by atoms with E-state index in [0.29, 0.717) is 6.54 Å². The van der Waals surface area contributed by atoms with Gasteiger partial charge in [-0.05, 0) is 29.8 Å². The lowest BCUT2D eigenvalue weighted by Crippen LogP contribution is -2.35. The first-order chi connectivity index (χ1) is 14.2. The Kier molecular flexibility index (Phi) is 7.98. The van der Waals surface area contributed by atoms with Crippen LogP contribution in [0.5, 0.6) is 0 Å². The largest absolute Gasteiger partial charge is 0.452 e. The van der Waals surface area contributed by atoms with Crippen molar-refractivity contribution in [3.05, 3.63) is 65.2 Å². The van der Waals surface area contributed by atoms with Gasteiger partial charge < -0.3 is 20.7 Å². The molecule has 0 atom stereocenters. The minimum atomic E-state index is -1.12. The van der Waals surface area contributed by atoms with E-state index in [9.17, 15) is 28.0 Å². The Morgan fingerprint density at radius 2 is 1.60 bits per heavy atom. The van der Waals surface area contributed by atoms with Crippen LogP contribution in [0.4, 0.5) is 14.5 Å². The number of anilines is 1. The molecule has 8 nitrogen and oxygen atoms in total. The number of amides is 3. The van der Waals surface area contributed by atoms with Crippen molar-refractivity contribution in [3.8, 4) is 0 Å². The molecule has 0 heterocycles. The van der Waals surface area contributed by atoms with Gasteiger partial charge in [0.2, 0.25) is 11.8 Å². The van der Waals surface area contributed by atoms with Gasteiger partial charge in [0, 0.05) is 25.2 Å². The van der Waals surface area contributed by atoms with Crippen LogP contribution in [-0.4, -0.2) is 36.8 Å². The number of carbonyl (C=O) groups excluding carboxylic acids is 4. The summed E-state index contributed by atoms with van der Waals surface area (Å²) in [6, 6.07) is 9.08. The zero-order valence-electron chi connectivity index (χ0n) is 16.0. The first-order valence-electron chi connectivity index (χ1n) is 8.76. The highest BCUT2D eigenvalue weighted by molar-refractivity contribution is 5.95. The van der Waals surface area contributed by atoms with Crippen molar-refractivity contribution in [2.45, 2.75) is 13.5 Å². The monoisotopic (exact) mass is 419 g/mol. The van der Waals surface area contributed by atoms with Crippen LogP contribution in [0, 0.1) is 11.6 Å². The van der Waals surface area contributed by atoms with Crippen LogP contribution in [0.15, 0.2) is 42.5 Å². The second-order valence-corrected chi connectivity index (χ2v) is 6.14. The average molecular weight is 419 g/mol. The third-order valence-corrected chi connectivity index (χ3v) is 3.71. The smallest absolute Gasteiger partial charge is 0.338 e. The van der Waals surface area contributed by atoms with Crippen LogP contribution in [0.1, 0.15) is 22.8 Å². The van der Waals surface area contributed by atoms with Gasteiger partial charge in [-0.15, -0.1) is 0 Å². The molecule has 3 amide bonds. The van der Waals surface area contributed by atoms with Gasteiger partial charge in [-0.2, -0.15) is 0 Å². The lowest BCUT2D eigenvalue weighted by atomic mass is 10.1. The molecule has 158 valence electrons. The fraction of sp³-hybridized carbons (Fsp3) is 0.200. The fourth-order valence-electron chi connectivity index (χ4n) is 2.21. The molecule has 10 heteroatoms. The predicted molar refractivity (Wildman–Crippen MR) is 102 cm³/mol. The van der Waals surface area contributed by atoms with Crippen molar-refractivity contribution >= 4 is 29.4 Å². The van der Waals surface area contributed by atoms with Gasteiger partial charge in [0.25, 0.3) is 5.91 Å². The molecule has 30 heavy (non-hydrogen) atoms. The number of ether oxygens (including phenoxy) is 1. The molecule has 0 aliphatic carbocycles. The molecule has 0 radical (unpaired) electrons. The Labute approximate surface area is 170 Å². The molecule has 0 saturated heterocycles. The van der Waals surface area contributed by atoms with E-state index in [0.717, 1.165) is 17.7 Å². The van der Waals surface area contributed by atoms with Crippen LogP contribution in [0.25, 0.3) is 0 Å². The second kappa shape index (κ2) is 10.6. The Morgan fingerprint density at radius 1 is 0.900 bits per heavy atom. The van der Waals surface area contributed by atoms with Crippen LogP contribution < -0.4 is 16.0 Å². The highest BCUT2D eigenvalue weighted by Gasteiger charge is 2.12. The summed E-state index contributed by atoms with van der Waals surface area (Å²) in [5.41, 5.74) is 1.03. The third-order valence-electron chi connectivity index (χ3n) is 3.71. The zero-order chi connectivity index (χ0) is 22.1. The number of rotatable bonds is 8. The standard InChI is InChI=1S/C20H19F2N3O5/c1-12(26)23-9-13-2-4-14(5-3-13)20(29)30-11-19(28)24-10-18(27)25-15-6-7-16(21)17(22)8-15/h2-8H,9-11H2,1H3,(H,23,26)(H,24,28)(H,25,27). The molecule has 0 saturated carbocycles. The Hall–Kier alpha value is -3.82. The number of benzene rings is 2. The van der Waals surface area contributed by atoms with Gasteiger partial charge in [0.15, 0.2) is 18.2 Å². The summed E-state index contributed by atoms with van der Waals surface area (Å²) in [7, 11) is 0. The average Bonchev–Trinajstić information content (AvgIpc) is 2.72. The van der Waals surface area contributed by atoms with Gasteiger partial charge in [0.1, 0.15) is 0 Å². The molecular formula is C20H19F2N3O5. The van der Waals surface area contributed by atoms with Crippen LogP contribution >= 0.6 is 0 Å². The van der Waals surface area contributed by atoms with Gasteiger partial charge in [-0.1, -0.05) is 12.1 Å². The maximum atomic E-state index is 13.1. The highest BCUT2D eigenvalue weighted by Crippen LogP contribution is 2.12. The molecule has 0 bridgehead atoms. The van der Waals surface area contributed by atoms with Crippen molar-refractivity contribution in [2.24, 2.45) is 0 Å². The van der Waals surface area contributed by atoms with Crippen molar-refractivity contribution in [1.82, 2.24) is 10.6 Å². The SMILES string of the molecule is CC(=O)NCc1ccc(C(=O)OCC(=O)NCC(=O)Nc2ccc(F)c(F)c2)cc1. The number of esters is 1. The van der Waals surface area contributed by atoms with Crippen molar-refractivity contribution in [2.75, 3.05) is 18.5 Å². The molecule has 0 aliphatic rings. The minimum Gasteiger partial charge on any atom is -0.452 e. The maximum Gasteiger partial charge on any atom is 0.338 e. The summed E-state index contributed by atoms with van der Waals surface area (Å²) in [6.07, 6.45) is 0. The van der Waals surface area contributed by atoms with E-state index in [-0.39, 0.29) is 17.2 Å². The summed E-state index contributed by atoms with van der Waals surface area (Å²) >= 11 is 0. The van der Waals surface area contributed by atoms with E-state index < -0.39 is 42.6 Å². The van der Waals surface area contributed by atoms with Gasteiger partial charge >= 0.3 is 5.97 Å². The maximum absolute atomic E-state index is 13.1. The topological polar surface area (TPSA) is 114 Å². The number of halogens is 2. The number of hydrogen-bond acceptors (Lipinski definition) is 5. The van der Waals surface area contributed by atoms with E-state index >= 15 is 0 Å². The molecule has 2 rings (SSSR count).